The zero-order chi connectivity index (χ0) is 13.6. The zero-order valence-electron chi connectivity index (χ0n) is 11.7. The summed E-state index contributed by atoms with van der Waals surface area (Å²) < 4.78 is 0. The van der Waals surface area contributed by atoms with E-state index in [0.29, 0.717) is 18.8 Å². The van der Waals surface area contributed by atoms with Crippen LogP contribution in [0.3, 0.4) is 0 Å². The molecule has 0 aromatic rings. The van der Waals surface area contributed by atoms with Crippen LogP contribution in [0.2, 0.25) is 0 Å². The molecule has 2 rings (SSSR count). The maximum absolute atomic E-state index is 10.7. The maximum atomic E-state index is 10.7. The number of fused-ring (bicyclic) bond motifs is 1. The van der Waals surface area contributed by atoms with E-state index in [0.717, 1.165) is 12.8 Å². The van der Waals surface area contributed by atoms with Gasteiger partial charge in [-0.2, -0.15) is 0 Å². The molecule has 104 valence electrons. The molecule has 3 heteroatoms. The van der Waals surface area contributed by atoms with E-state index in [1.807, 2.05) is 6.92 Å². The highest BCUT2D eigenvalue weighted by Crippen LogP contribution is 2.50. The van der Waals surface area contributed by atoms with Crippen LogP contribution in [-0.2, 0) is 0 Å². The average molecular weight is 254 g/mol. The Bertz CT molecular complexity index is 346. The first kappa shape index (κ1) is 14.0. The Balaban J connectivity index is 2.38. The summed E-state index contributed by atoms with van der Waals surface area (Å²) in [5.74, 6) is 0.381. The van der Waals surface area contributed by atoms with Crippen molar-refractivity contribution in [2.24, 2.45) is 17.8 Å². The Morgan fingerprint density at radius 1 is 1.33 bits per heavy atom. The second-order valence-corrected chi connectivity index (χ2v) is 6.69. The lowest BCUT2D eigenvalue weighted by Crippen LogP contribution is -2.45. The molecule has 1 fully saturated rings. The Morgan fingerprint density at radius 2 is 2.00 bits per heavy atom. The van der Waals surface area contributed by atoms with E-state index in [-0.39, 0.29) is 18.4 Å². The topological polar surface area (TPSA) is 60.7 Å². The lowest BCUT2D eigenvalue weighted by Gasteiger charge is -2.36. The van der Waals surface area contributed by atoms with Crippen LogP contribution in [0.5, 0.6) is 0 Å². The van der Waals surface area contributed by atoms with Crippen LogP contribution in [0.4, 0.5) is 0 Å². The molecule has 0 spiro atoms. The fraction of sp³-hybridized carbons (Fsp3) is 0.867. The quantitative estimate of drug-likeness (QED) is 0.659. The van der Waals surface area contributed by atoms with E-state index in [1.165, 1.54) is 5.57 Å². The molecule has 18 heavy (non-hydrogen) atoms. The standard InChI is InChI=1S/C15H26O3/c1-10(2)11-4-7-15(18,9-16)12-5-6-14(3,17)13(12)8-11/h8,10,12-13,16-18H,4-7,9H2,1-3H3/t12-,13?,14+,15+/m0/s1. The molecule has 0 amide bonds. The van der Waals surface area contributed by atoms with Crippen molar-refractivity contribution < 1.29 is 15.3 Å². The average Bonchev–Trinajstić information content (AvgIpc) is 2.50. The van der Waals surface area contributed by atoms with Gasteiger partial charge < -0.3 is 15.3 Å². The van der Waals surface area contributed by atoms with Gasteiger partial charge in [-0.05, 0) is 44.4 Å². The maximum Gasteiger partial charge on any atom is 0.0915 e. The second kappa shape index (κ2) is 4.62. The number of aliphatic hydroxyl groups excluding tert-OH is 1. The third kappa shape index (κ3) is 2.24. The summed E-state index contributed by atoms with van der Waals surface area (Å²) in [4.78, 5) is 0. The van der Waals surface area contributed by atoms with Crippen LogP contribution < -0.4 is 0 Å². The van der Waals surface area contributed by atoms with Gasteiger partial charge in [0.1, 0.15) is 0 Å². The van der Waals surface area contributed by atoms with Crippen LogP contribution in [-0.4, -0.2) is 33.1 Å². The fourth-order valence-electron chi connectivity index (χ4n) is 3.66. The third-order valence-corrected chi connectivity index (χ3v) is 5.06. The van der Waals surface area contributed by atoms with Gasteiger partial charge in [0, 0.05) is 5.92 Å². The van der Waals surface area contributed by atoms with E-state index in [1.54, 1.807) is 0 Å². The van der Waals surface area contributed by atoms with Crippen molar-refractivity contribution in [3.63, 3.8) is 0 Å². The van der Waals surface area contributed by atoms with Crippen LogP contribution in [0.25, 0.3) is 0 Å². The Kier molecular flexibility index (Phi) is 3.60. The highest BCUT2D eigenvalue weighted by molar-refractivity contribution is 5.19. The van der Waals surface area contributed by atoms with Crippen molar-refractivity contribution in [3.05, 3.63) is 11.6 Å². The first-order valence-corrected chi connectivity index (χ1v) is 7.06. The first-order chi connectivity index (χ1) is 8.30. The van der Waals surface area contributed by atoms with Crippen LogP contribution in [0, 0.1) is 17.8 Å². The molecule has 2 aliphatic carbocycles. The molecule has 3 N–H and O–H groups in total. The second-order valence-electron chi connectivity index (χ2n) is 6.69. The Labute approximate surface area is 110 Å². The largest absolute Gasteiger partial charge is 0.393 e. The van der Waals surface area contributed by atoms with Crippen LogP contribution >= 0.6 is 0 Å². The van der Waals surface area contributed by atoms with Gasteiger partial charge in [0.15, 0.2) is 0 Å². The van der Waals surface area contributed by atoms with E-state index in [2.05, 4.69) is 19.9 Å². The molecular weight excluding hydrogens is 228 g/mol. The summed E-state index contributed by atoms with van der Waals surface area (Å²) in [6.45, 7) is 5.94. The van der Waals surface area contributed by atoms with Gasteiger partial charge in [-0.3, -0.25) is 0 Å². The fourth-order valence-corrected chi connectivity index (χ4v) is 3.66. The zero-order valence-corrected chi connectivity index (χ0v) is 11.7. The summed E-state index contributed by atoms with van der Waals surface area (Å²) in [6.07, 6.45) is 5.08. The molecule has 2 aliphatic rings. The van der Waals surface area contributed by atoms with Gasteiger partial charge in [0.05, 0.1) is 17.8 Å². The minimum Gasteiger partial charge on any atom is -0.393 e. The number of rotatable bonds is 2. The van der Waals surface area contributed by atoms with Gasteiger partial charge in [-0.15, -0.1) is 0 Å². The molecular formula is C15H26O3. The van der Waals surface area contributed by atoms with E-state index in [4.69, 9.17) is 0 Å². The molecule has 3 nitrogen and oxygen atoms in total. The minimum absolute atomic E-state index is 0.0197. The highest BCUT2D eigenvalue weighted by atomic mass is 16.3. The van der Waals surface area contributed by atoms with Gasteiger partial charge in [0.2, 0.25) is 0 Å². The molecule has 0 aromatic heterocycles. The lowest BCUT2D eigenvalue weighted by atomic mass is 9.77. The molecule has 0 aromatic carbocycles. The predicted octanol–water partition coefficient (Wildman–Crippen LogP) is 1.86. The highest BCUT2D eigenvalue weighted by Gasteiger charge is 2.52. The van der Waals surface area contributed by atoms with Crippen LogP contribution in [0.15, 0.2) is 11.6 Å². The van der Waals surface area contributed by atoms with Gasteiger partial charge in [-0.25, -0.2) is 0 Å². The van der Waals surface area contributed by atoms with Crippen molar-refractivity contribution in [3.8, 4) is 0 Å². The predicted molar refractivity (Wildman–Crippen MR) is 71.0 cm³/mol. The van der Waals surface area contributed by atoms with Gasteiger partial charge in [-0.1, -0.05) is 25.5 Å². The molecule has 0 radical (unpaired) electrons. The number of hydrogen-bond acceptors (Lipinski definition) is 3. The van der Waals surface area contributed by atoms with Crippen molar-refractivity contribution in [2.75, 3.05) is 6.61 Å². The van der Waals surface area contributed by atoms with E-state index < -0.39 is 11.2 Å². The summed E-state index contributed by atoms with van der Waals surface area (Å²) in [6, 6.07) is 0. The summed E-state index contributed by atoms with van der Waals surface area (Å²) in [7, 11) is 0. The van der Waals surface area contributed by atoms with Crippen LogP contribution in [0.1, 0.15) is 46.5 Å². The summed E-state index contributed by atoms with van der Waals surface area (Å²) in [5.41, 5.74) is -0.479. The Morgan fingerprint density at radius 3 is 2.56 bits per heavy atom. The first-order valence-electron chi connectivity index (χ1n) is 7.06. The molecule has 1 saturated carbocycles. The van der Waals surface area contributed by atoms with Crippen molar-refractivity contribution in [1.82, 2.24) is 0 Å². The molecule has 1 unspecified atom stereocenters. The van der Waals surface area contributed by atoms with Crippen molar-refractivity contribution >= 4 is 0 Å². The van der Waals surface area contributed by atoms with E-state index >= 15 is 0 Å². The molecule has 0 bridgehead atoms. The van der Waals surface area contributed by atoms with Crippen molar-refractivity contribution in [1.29, 1.82) is 0 Å². The molecule has 0 saturated heterocycles. The molecule has 0 aliphatic heterocycles. The lowest BCUT2D eigenvalue weighted by molar-refractivity contribution is -0.0858. The normalized spacial score (nSPS) is 44.7. The van der Waals surface area contributed by atoms with Crippen molar-refractivity contribution in [2.45, 2.75) is 57.7 Å². The molecule has 0 heterocycles. The number of hydrogen-bond donors (Lipinski definition) is 3. The third-order valence-electron chi connectivity index (χ3n) is 5.06. The minimum atomic E-state index is -1.03. The molecule has 4 atom stereocenters. The number of aliphatic hydroxyl groups is 3. The smallest absolute Gasteiger partial charge is 0.0915 e. The number of allylic oxidation sites excluding steroid dienone is 1. The van der Waals surface area contributed by atoms with Gasteiger partial charge >= 0.3 is 0 Å². The van der Waals surface area contributed by atoms with E-state index in [9.17, 15) is 15.3 Å². The monoisotopic (exact) mass is 254 g/mol. The van der Waals surface area contributed by atoms with Gasteiger partial charge in [0.25, 0.3) is 0 Å². The SMILES string of the molecule is CC(C)C1=CC2[C@H](CC[C@@]2(C)O)[C@](O)(CO)CC1. The summed E-state index contributed by atoms with van der Waals surface area (Å²) in [5, 5.41) is 30.7. The summed E-state index contributed by atoms with van der Waals surface area (Å²) >= 11 is 0. The Hall–Kier alpha value is -0.380.